The molecule has 0 saturated carbocycles. The van der Waals surface area contributed by atoms with Crippen LogP contribution < -0.4 is 14.8 Å². The summed E-state index contributed by atoms with van der Waals surface area (Å²) in [4.78, 5) is 0. The standard InChI is InChI=1S/C20H25Cl2NO2.ClH/c1-5-24-18-8-6-7-14(12-23-20(2,3)4)19(18)25-13-15-9-10-16(21)11-17(15)22;/h6-11,23H,5,12-13H2,1-4H3;1H. The van der Waals surface area contributed by atoms with Gasteiger partial charge in [-0.2, -0.15) is 0 Å². The van der Waals surface area contributed by atoms with Crippen molar-refractivity contribution < 1.29 is 9.47 Å². The van der Waals surface area contributed by atoms with Gasteiger partial charge in [-0.15, -0.1) is 12.4 Å². The maximum Gasteiger partial charge on any atom is 0.166 e. The van der Waals surface area contributed by atoms with Gasteiger partial charge in [0.2, 0.25) is 0 Å². The predicted octanol–water partition coefficient (Wildman–Crippen LogP) is 6.28. The van der Waals surface area contributed by atoms with Crippen molar-refractivity contribution in [1.82, 2.24) is 5.32 Å². The minimum Gasteiger partial charge on any atom is -0.490 e. The molecule has 0 radical (unpaired) electrons. The molecule has 2 aromatic rings. The molecular weight excluding hydrogens is 393 g/mol. The van der Waals surface area contributed by atoms with Crippen molar-refractivity contribution in [2.45, 2.75) is 46.4 Å². The van der Waals surface area contributed by atoms with E-state index in [1.54, 1.807) is 6.07 Å². The summed E-state index contributed by atoms with van der Waals surface area (Å²) in [5, 5.41) is 4.69. The Balaban J connectivity index is 0.00000338. The molecule has 0 saturated heterocycles. The molecule has 0 amide bonds. The Labute approximate surface area is 172 Å². The van der Waals surface area contributed by atoms with Crippen molar-refractivity contribution in [3.05, 3.63) is 57.6 Å². The Morgan fingerprint density at radius 2 is 1.73 bits per heavy atom. The van der Waals surface area contributed by atoms with Gasteiger partial charge in [0.05, 0.1) is 6.61 Å². The van der Waals surface area contributed by atoms with E-state index in [-0.39, 0.29) is 17.9 Å². The molecule has 2 aromatic carbocycles. The average molecular weight is 419 g/mol. The monoisotopic (exact) mass is 417 g/mol. The van der Waals surface area contributed by atoms with E-state index in [2.05, 4.69) is 26.1 Å². The molecular formula is C20H26Cl3NO2. The highest BCUT2D eigenvalue weighted by Crippen LogP contribution is 2.33. The largest absolute Gasteiger partial charge is 0.490 e. The Hall–Kier alpha value is -1.13. The van der Waals surface area contributed by atoms with Crippen LogP contribution in [-0.4, -0.2) is 12.1 Å². The van der Waals surface area contributed by atoms with Crippen LogP contribution in [0.4, 0.5) is 0 Å². The summed E-state index contributed by atoms with van der Waals surface area (Å²) in [7, 11) is 0. The Kier molecular flexibility index (Phi) is 9.05. The van der Waals surface area contributed by atoms with Crippen LogP contribution in [0, 0.1) is 0 Å². The number of rotatable bonds is 7. The van der Waals surface area contributed by atoms with E-state index in [4.69, 9.17) is 32.7 Å². The lowest BCUT2D eigenvalue weighted by Crippen LogP contribution is -2.35. The van der Waals surface area contributed by atoms with Crippen LogP contribution in [0.2, 0.25) is 10.0 Å². The van der Waals surface area contributed by atoms with Crippen LogP contribution in [-0.2, 0) is 13.2 Å². The van der Waals surface area contributed by atoms with E-state index in [1.807, 2.05) is 37.3 Å². The molecule has 144 valence electrons. The number of hydrogen-bond donors (Lipinski definition) is 1. The molecule has 0 spiro atoms. The molecule has 2 rings (SSSR count). The van der Waals surface area contributed by atoms with Crippen molar-refractivity contribution in [1.29, 1.82) is 0 Å². The fourth-order valence-electron chi connectivity index (χ4n) is 2.28. The van der Waals surface area contributed by atoms with E-state index < -0.39 is 0 Å². The van der Waals surface area contributed by atoms with Crippen molar-refractivity contribution in [2.75, 3.05) is 6.61 Å². The van der Waals surface area contributed by atoms with E-state index in [1.165, 1.54) is 0 Å². The van der Waals surface area contributed by atoms with Gasteiger partial charge < -0.3 is 14.8 Å². The average Bonchev–Trinajstić information content (AvgIpc) is 2.53. The van der Waals surface area contributed by atoms with E-state index in [0.717, 1.165) is 22.6 Å². The summed E-state index contributed by atoms with van der Waals surface area (Å²) in [6, 6.07) is 11.3. The smallest absolute Gasteiger partial charge is 0.166 e. The normalized spacial score (nSPS) is 11.0. The molecule has 0 aliphatic carbocycles. The molecule has 0 unspecified atom stereocenters. The molecule has 26 heavy (non-hydrogen) atoms. The fourth-order valence-corrected chi connectivity index (χ4v) is 2.75. The second-order valence-electron chi connectivity index (χ2n) is 6.81. The van der Waals surface area contributed by atoms with E-state index in [9.17, 15) is 0 Å². The summed E-state index contributed by atoms with van der Waals surface area (Å²) in [6.07, 6.45) is 0. The SMILES string of the molecule is CCOc1cccc(CNC(C)(C)C)c1OCc1ccc(Cl)cc1Cl.Cl. The van der Waals surface area contributed by atoms with Crippen LogP contribution in [0.5, 0.6) is 11.5 Å². The van der Waals surface area contributed by atoms with Crippen LogP contribution in [0.3, 0.4) is 0 Å². The number of para-hydroxylation sites is 1. The zero-order chi connectivity index (χ0) is 18.4. The van der Waals surface area contributed by atoms with Gasteiger partial charge in [0.25, 0.3) is 0 Å². The Morgan fingerprint density at radius 1 is 1.00 bits per heavy atom. The van der Waals surface area contributed by atoms with Crippen LogP contribution in [0.25, 0.3) is 0 Å². The van der Waals surface area contributed by atoms with Crippen LogP contribution >= 0.6 is 35.6 Å². The highest BCUT2D eigenvalue weighted by Gasteiger charge is 2.15. The fraction of sp³-hybridized carbons (Fsp3) is 0.400. The zero-order valence-corrected chi connectivity index (χ0v) is 17.9. The number of benzene rings is 2. The molecule has 1 N–H and O–H groups in total. The summed E-state index contributed by atoms with van der Waals surface area (Å²) >= 11 is 12.2. The summed E-state index contributed by atoms with van der Waals surface area (Å²) in [5.41, 5.74) is 1.94. The molecule has 0 aromatic heterocycles. The van der Waals surface area contributed by atoms with E-state index >= 15 is 0 Å². The van der Waals surface area contributed by atoms with Crippen molar-refractivity contribution in [3.63, 3.8) is 0 Å². The first-order valence-corrected chi connectivity index (χ1v) is 9.12. The molecule has 0 fully saturated rings. The molecule has 0 bridgehead atoms. The van der Waals surface area contributed by atoms with Crippen molar-refractivity contribution >= 4 is 35.6 Å². The van der Waals surface area contributed by atoms with Gasteiger partial charge in [-0.3, -0.25) is 0 Å². The molecule has 0 heterocycles. The highest BCUT2D eigenvalue weighted by atomic mass is 35.5. The lowest BCUT2D eigenvalue weighted by Gasteiger charge is -2.22. The Morgan fingerprint density at radius 3 is 2.35 bits per heavy atom. The van der Waals surface area contributed by atoms with Gasteiger partial charge >= 0.3 is 0 Å². The van der Waals surface area contributed by atoms with Gasteiger partial charge in [-0.25, -0.2) is 0 Å². The quantitative estimate of drug-likeness (QED) is 0.574. The third-order valence-electron chi connectivity index (χ3n) is 3.56. The third-order valence-corrected chi connectivity index (χ3v) is 4.14. The van der Waals surface area contributed by atoms with Crippen molar-refractivity contribution in [2.24, 2.45) is 0 Å². The molecule has 6 heteroatoms. The van der Waals surface area contributed by atoms with Gasteiger partial charge in [-0.05, 0) is 45.9 Å². The number of nitrogens with one attached hydrogen (secondary N) is 1. The highest BCUT2D eigenvalue weighted by molar-refractivity contribution is 6.35. The molecule has 0 aliphatic rings. The van der Waals surface area contributed by atoms with Crippen LogP contribution in [0.1, 0.15) is 38.8 Å². The predicted molar refractivity (Wildman–Crippen MR) is 112 cm³/mol. The number of hydrogen-bond acceptors (Lipinski definition) is 3. The van der Waals surface area contributed by atoms with E-state index in [0.29, 0.717) is 29.8 Å². The van der Waals surface area contributed by atoms with Gasteiger partial charge in [-0.1, -0.05) is 41.4 Å². The first-order chi connectivity index (χ1) is 11.8. The molecule has 0 atom stereocenters. The summed E-state index contributed by atoms with van der Waals surface area (Å²) in [5.74, 6) is 1.48. The van der Waals surface area contributed by atoms with Gasteiger partial charge in [0, 0.05) is 33.3 Å². The summed E-state index contributed by atoms with van der Waals surface area (Å²) < 4.78 is 11.8. The lowest BCUT2D eigenvalue weighted by atomic mass is 10.1. The van der Waals surface area contributed by atoms with Gasteiger partial charge in [0.1, 0.15) is 6.61 Å². The number of ether oxygens (including phenoxy) is 2. The first kappa shape index (κ1) is 22.9. The maximum absolute atomic E-state index is 6.25. The summed E-state index contributed by atoms with van der Waals surface area (Å²) in [6.45, 7) is 9.97. The molecule has 0 aliphatic heterocycles. The topological polar surface area (TPSA) is 30.5 Å². The zero-order valence-electron chi connectivity index (χ0n) is 15.6. The number of halogens is 3. The third kappa shape index (κ3) is 6.88. The second-order valence-corrected chi connectivity index (χ2v) is 7.65. The first-order valence-electron chi connectivity index (χ1n) is 8.36. The maximum atomic E-state index is 6.25. The van der Waals surface area contributed by atoms with Gasteiger partial charge in [0.15, 0.2) is 11.5 Å². The minimum absolute atomic E-state index is 0. The van der Waals surface area contributed by atoms with Crippen LogP contribution in [0.15, 0.2) is 36.4 Å². The minimum atomic E-state index is 0. The van der Waals surface area contributed by atoms with Crippen molar-refractivity contribution in [3.8, 4) is 11.5 Å². The second kappa shape index (κ2) is 10.3. The Bertz CT molecular complexity index is 715. The molecule has 3 nitrogen and oxygen atoms in total. The lowest BCUT2D eigenvalue weighted by molar-refractivity contribution is 0.265.